The van der Waals surface area contributed by atoms with Gasteiger partial charge in [-0.05, 0) is 32.9 Å². The molecule has 9 nitrogen and oxygen atoms in total. The van der Waals surface area contributed by atoms with E-state index in [4.69, 9.17) is 9.47 Å². The Hall–Kier alpha value is -2.94. The van der Waals surface area contributed by atoms with E-state index >= 15 is 0 Å². The number of hydrogen-bond donors (Lipinski definition) is 2. The SMILES string of the molecule is COc1ccccc1Oc1ncnc(NNC(C)(C)C)c1[N+](=O)[O-]. The lowest BCUT2D eigenvalue weighted by Gasteiger charge is -2.21. The molecule has 0 aliphatic rings. The number of ether oxygens (including phenoxy) is 2. The van der Waals surface area contributed by atoms with Crippen LogP contribution in [0, 0.1) is 10.1 Å². The Labute approximate surface area is 139 Å². The highest BCUT2D eigenvalue weighted by atomic mass is 16.6. The van der Waals surface area contributed by atoms with E-state index in [1.54, 1.807) is 24.3 Å². The van der Waals surface area contributed by atoms with Crippen LogP contribution >= 0.6 is 0 Å². The zero-order valence-corrected chi connectivity index (χ0v) is 13.9. The molecule has 128 valence electrons. The van der Waals surface area contributed by atoms with Crippen LogP contribution in [-0.2, 0) is 0 Å². The summed E-state index contributed by atoms with van der Waals surface area (Å²) in [6, 6.07) is 6.80. The summed E-state index contributed by atoms with van der Waals surface area (Å²) in [5.41, 5.74) is 4.97. The molecule has 2 N–H and O–H groups in total. The van der Waals surface area contributed by atoms with E-state index < -0.39 is 4.92 Å². The molecule has 0 unspecified atom stereocenters. The molecule has 24 heavy (non-hydrogen) atoms. The average Bonchev–Trinajstić information content (AvgIpc) is 2.52. The number of nitro groups is 1. The van der Waals surface area contributed by atoms with Crippen molar-refractivity contribution in [2.45, 2.75) is 26.3 Å². The van der Waals surface area contributed by atoms with E-state index in [0.29, 0.717) is 11.5 Å². The fraction of sp³-hybridized carbons (Fsp3) is 0.333. The van der Waals surface area contributed by atoms with E-state index in [1.807, 2.05) is 20.8 Å². The van der Waals surface area contributed by atoms with Crippen molar-refractivity contribution in [3.63, 3.8) is 0 Å². The number of hydrogen-bond acceptors (Lipinski definition) is 8. The summed E-state index contributed by atoms with van der Waals surface area (Å²) in [6.07, 6.45) is 1.18. The van der Waals surface area contributed by atoms with Crippen LogP contribution in [0.3, 0.4) is 0 Å². The normalized spacial score (nSPS) is 11.0. The largest absolute Gasteiger partial charge is 0.493 e. The van der Waals surface area contributed by atoms with Gasteiger partial charge < -0.3 is 9.47 Å². The van der Waals surface area contributed by atoms with Crippen LogP contribution < -0.4 is 20.3 Å². The lowest BCUT2D eigenvalue weighted by atomic mass is 10.1. The van der Waals surface area contributed by atoms with Crippen molar-refractivity contribution >= 4 is 11.5 Å². The maximum atomic E-state index is 11.5. The Morgan fingerprint density at radius 2 is 1.83 bits per heavy atom. The van der Waals surface area contributed by atoms with Crippen LogP contribution in [0.1, 0.15) is 20.8 Å². The van der Waals surface area contributed by atoms with E-state index in [-0.39, 0.29) is 22.9 Å². The minimum atomic E-state index is -0.600. The smallest absolute Gasteiger partial charge is 0.374 e. The van der Waals surface area contributed by atoms with Crippen molar-refractivity contribution in [3.05, 3.63) is 40.7 Å². The minimum absolute atomic E-state index is 0.00910. The van der Waals surface area contributed by atoms with Gasteiger partial charge >= 0.3 is 11.6 Å². The van der Waals surface area contributed by atoms with Gasteiger partial charge in [0, 0.05) is 5.54 Å². The van der Waals surface area contributed by atoms with Crippen molar-refractivity contribution < 1.29 is 14.4 Å². The molecule has 9 heteroatoms. The predicted octanol–water partition coefficient (Wildman–Crippen LogP) is 2.90. The second-order valence-electron chi connectivity index (χ2n) is 5.89. The molecule has 1 aromatic heterocycles. The van der Waals surface area contributed by atoms with Gasteiger partial charge in [0.15, 0.2) is 11.5 Å². The van der Waals surface area contributed by atoms with Gasteiger partial charge in [-0.1, -0.05) is 12.1 Å². The van der Waals surface area contributed by atoms with Crippen molar-refractivity contribution in [2.75, 3.05) is 12.5 Å². The van der Waals surface area contributed by atoms with Gasteiger partial charge in [-0.3, -0.25) is 15.5 Å². The molecule has 0 bridgehead atoms. The molecular formula is C15H19N5O4. The first kappa shape index (κ1) is 17.4. The number of benzene rings is 1. The quantitative estimate of drug-likeness (QED) is 0.613. The first-order valence-electron chi connectivity index (χ1n) is 7.15. The number of anilines is 1. The van der Waals surface area contributed by atoms with Gasteiger partial charge in [0.2, 0.25) is 5.82 Å². The van der Waals surface area contributed by atoms with Gasteiger partial charge in [-0.15, -0.1) is 0 Å². The summed E-state index contributed by atoms with van der Waals surface area (Å²) in [5.74, 6) is 0.580. The Balaban J connectivity index is 2.37. The van der Waals surface area contributed by atoms with Gasteiger partial charge in [-0.2, -0.15) is 4.98 Å². The van der Waals surface area contributed by atoms with Crippen LogP contribution in [0.5, 0.6) is 17.4 Å². The van der Waals surface area contributed by atoms with Crippen LogP contribution in [0.15, 0.2) is 30.6 Å². The van der Waals surface area contributed by atoms with Crippen LogP contribution in [0.4, 0.5) is 11.5 Å². The molecule has 2 aromatic rings. The summed E-state index contributed by atoms with van der Waals surface area (Å²) in [5, 5.41) is 11.5. The molecule has 0 amide bonds. The fourth-order valence-electron chi connectivity index (χ4n) is 1.75. The van der Waals surface area contributed by atoms with Gasteiger partial charge in [0.05, 0.1) is 12.0 Å². The van der Waals surface area contributed by atoms with Crippen molar-refractivity contribution in [1.29, 1.82) is 0 Å². The summed E-state index contributed by atoms with van der Waals surface area (Å²) >= 11 is 0. The third kappa shape index (κ3) is 4.29. The van der Waals surface area contributed by atoms with Crippen molar-refractivity contribution in [3.8, 4) is 17.4 Å². The monoisotopic (exact) mass is 333 g/mol. The molecular weight excluding hydrogens is 314 g/mol. The highest BCUT2D eigenvalue weighted by Crippen LogP contribution is 2.37. The van der Waals surface area contributed by atoms with E-state index in [2.05, 4.69) is 20.8 Å². The number of aromatic nitrogens is 2. The van der Waals surface area contributed by atoms with Gasteiger partial charge in [0.1, 0.15) is 6.33 Å². The third-order valence-electron chi connectivity index (χ3n) is 2.80. The predicted molar refractivity (Wildman–Crippen MR) is 88.3 cm³/mol. The van der Waals surface area contributed by atoms with Crippen molar-refractivity contribution in [2.24, 2.45) is 0 Å². The molecule has 0 saturated heterocycles. The maximum Gasteiger partial charge on any atom is 0.374 e. The zero-order chi connectivity index (χ0) is 17.7. The molecule has 0 spiro atoms. The lowest BCUT2D eigenvalue weighted by molar-refractivity contribution is -0.385. The second kappa shape index (κ2) is 7.09. The van der Waals surface area contributed by atoms with E-state index in [0.717, 1.165) is 0 Å². The van der Waals surface area contributed by atoms with Gasteiger partial charge in [-0.25, -0.2) is 10.4 Å². The number of nitrogens with zero attached hydrogens (tertiary/aromatic N) is 3. The molecule has 0 atom stereocenters. The fourth-order valence-corrected chi connectivity index (χ4v) is 1.75. The van der Waals surface area contributed by atoms with Crippen LogP contribution in [-0.4, -0.2) is 27.5 Å². The number of methoxy groups -OCH3 is 1. The Morgan fingerprint density at radius 3 is 2.42 bits per heavy atom. The summed E-state index contributed by atoms with van der Waals surface area (Å²) in [4.78, 5) is 18.6. The van der Waals surface area contributed by atoms with Crippen molar-refractivity contribution in [1.82, 2.24) is 15.4 Å². The first-order valence-corrected chi connectivity index (χ1v) is 7.15. The molecule has 0 radical (unpaired) electrons. The summed E-state index contributed by atoms with van der Waals surface area (Å²) in [7, 11) is 1.48. The molecule has 1 aromatic carbocycles. The number of para-hydroxylation sites is 2. The molecule has 0 aliphatic heterocycles. The third-order valence-corrected chi connectivity index (χ3v) is 2.80. The Kier molecular flexibility index (Phi) is 5.14. The highest BCUT2D eigenvalue weighted by molar-refractivity contribution is 5.61. The summed E-state index contributed by atoms with van der Waals surface area (Å²) < 4.78 is 10.8. The van der Waals surface area contributed by atoms with Gasteiger partial charge in [0.25, 0.3) is 0 Å². The average molecular weight is 333 g/mol. The molecule has 0 fully saturated rings. The first-order chi connectivity index (χ1) is 11.3. The maximum absolute atomic E-state index is 11.5. The summed E-state index contributed by atoms with van der Waals surface area (Å²) in [6.45, 7) is 5.71. The van der Waals surface area contributed by atoms with Crippen LogP contribution in [0.25, 0.3) is 0 Å². The van der Waals surface area contributed by atoms with E-state index in [9.17, 15) is 10.1 Å². The molecule has 2 rings (SSSR count). The topological polar surface area (TPSA) is 111 Å². The number of rotatable bonds is 6. The van der Waals surface area contributed by atoms with E-state index in [1.165, 1.54) is 13.4 Å². The molecule has 1 heterocycles. The second-order valence-corrected chi connectivity index (χ2v) is 5.89. The number of hydrazine groups is 1. The zero-order valence-electron chi connectivity index (χ0n) is 13.9. The highest BCUT2D eigenvalue weighted by Gasteiger charge is 2.26. The Bertz CT molecular complexity index is 730. The minimum Gasteiger partial charge on any atom is -0.493 e. The molecule has 0 saturated carbocycles. The number of nitrogens with one attached hydrogen (secondary N) is 2. The molecule has 0 aliphatic carbocycles. The lowest BCUT2D eigenvalue weighted by Crippen LogP contribution is -2.40. The van der Waals surface area contributed by atoms with Crippen LogP contribution in [0.2, 0.25) is 0 Å². The standard InChI is InChI=1S/C15H19N5O4/c1-15(2,3)19-18-13-12(20(21)22)14(17-9-16-13)24-11-8-6-5-7-10(11)23-4/h5-9,19H,1-4H3,(H,16,17,18). The Morgan fingerprint density at radius 1 is 1.17 bits per heavy atom.